The van der Waals surface area contributed by atoms with Crippen molar-refractivity contribution in [2.45, 2.75) is 6.54 Å². The van der Waals surface area contributed by atoms with Crippen molar-refractivity contribution < 1.29 is 4.42 Å². The fraction of sp³-hybridized carbons (Fsp3) is 0.133. The molecule has 0 saturated heterocycles. The Bertz CT molecular complexity index is 761. The standard InChI is InChI=1S/C15H13N3O/c1-18-7-6-11-2-3-12(8-15(11)18)17-10-14-5-4-13(9-16)19-14/h2-8,17H,10H2,1H3. The van der Waals surface area contributed by atoms with E-state index < -0.39 is 0 Å². The van der Waals surface area contributed by atoms with E-state index in [9.17, 15) is 0 Å². The summed E-state index contributed by atoms with van der Waals surface area (Å²) in [5.41, 5.74) is 2.21. The van der Waals surface area contributed by atoms with Crippen LogP contribution < -0.4 is 5.32 Å². The average molecular weight is 251 g/mol. The molecule has 2 heterocycles. The second-order valence-corrected chi connectivity index (χ2v) is 4.43. The van der Waals surface area contributed by atoms with Crippen LogP contribution in [0.2, 0.25) is 0 Å². The van der Waals surface area contributed by atoms with E-state index >= 15 is 0 Å². The van der Waals surface area contributed by atoms with Gasteiger partial charge in [0.2, 0.25) is 5.76 Å². The molecule has 3 aromatic rings. The van der Waals surface area contributed by atoms with Gasteiger partial charge in [-0.05, 0) is 35.7 Å². The molecule has 94 valence electrons. The number of aromatic nitrogens is 1. The zero-order valence-electron chi connectivity index (χ0n) is 10.6. The zero-order valence-corrected chi connectivity index (χ0v) is 10.6. The number of nitrogens with zero attached hydrogens (tertiary/aromatic N) is 2. The van der Waals surface area contributed by atoms with Crippen LogP contribution in [-0.4, -0.2) is 4.57 Å². The second-order valence-electron chi connectivity index (χ2n) is 4.43. The number of rotatable bonds is 3. The van der Waals surface area contributed by atoms with Gasteiger partial charge in [-0.1, -0.05) is 6.07 Å². The SMILES string of the molecule is Cn1ccc2ccc(NCc3ccc(C#N)o3)cc21. The van der Waals surface area contributed by atoms with Gasteiger partial charge in [-0.2, -0.15) is 5.26 Å². The molecular formula is C15H13N3O. The number of furan rings is 1. The number of nitrogens with one attached hydrogen (secondary N) is 1. The summed E-state index contributed by atoms with van der Waals surface area (Å²) in [5.74, 6) is 1.10. The Kier molecular flexibility index (Phi) is 2.73. The summed E-state index contributed by atoms with van der Waals surface area (Å²) < 4.78 is 7.41. The molecule has 0 aliphatic heterocycles. The molecule has 0 bridgehead atoms. The Morgan fingerprint density at radius 3 is 2.95 bits per heavy atom. The minimum Gasteiger partial charge on any atom is -0.449 e. The maximum Gasteiger partial charge on any atom is 0.203 e. The molecule has 0 radical (unpaired) electrons. The lowest BCUT2D eigenvalue weighted by Crippen LogP contribution is -1.98. The molecular weight excluding hydrogens is 238 g/mol. The summed E-state index contributed by atoms with van der Waals surface area (Å²) >= 11 is 0. The van der Waals surface area contributed by atoms with E-state index in [1.165, 1.54) is 10.9 Å². The van der Waals surface area contributed by atoms with Crippen LogP contribution in [0.3, 0.4) is 0 Å². The second kappa shape index (κ2) is 4.54. The topological polar surface area (TPSA) is 53.9 Å². The normalized spacial score (nSPS) is 10.5. The highest BCUT2D eigenvalue weighted by atomic mass is 16.3. The quantitative estimate of drug-likeness (QED) is 0.777. The van der Waals surface area contributed by atoms with E-state index in [4.69, 9.17) is 9.68 Å². The molecule has 0 atom stereocenters. The Hall–Kier alpha value is -2.67. The molecule has 0 saturated carbocycles. The summed E-state index contributed by atoms with van der Waals surface area (Å²) in [5, 5.41) is 13.2. The van der Waals surface area contributed by atoms with Gasteiger partial charge in [0.15, 0.2) is 0 Å². The summed E-state index contributed by atoms with van der Waals surface area (Å²) in [6.45, 7) is 0.567. The number of nitriles is 1. The fourth-order valence-electron chi connectivity index (χ4n) is 2.09. The number of aryl methyl sites for hydroxylation is 1. The molecule has 0 fully saturated rings. The molecule has 3 rings (SSSR count). The van der Waals surface area contributed by atoms with Crippen molar-refractivity contribution in [3.05, 3.63) is 54.1 Å². The zero-order chi connectivity index (χ0) is 13.2. The van der Waals surface area contributed by atoms with Gasteiger partial charge in [0.05, 0.1) is 6.54 Å². The third kappa shape index (κ3) is 2.18. The Labute approximate surface area is 110 Å². The molecule has 4 nitrogen and oxygen atoms in total. The number of anilines is 1. The summed E-state index contributed by atoms with van der Waals surface area (Å²) in [7, 11) is 2.03. The number of hydrogen-bond donors (Lipinski definition) is 1. The van der Waals surface area contributed by atoms with Crippen molar-refractivity contribution in [3.63, 3.8) is 0 Å². The fourth-order valence-corrected chi connectivity index (χ4v) is 2.09. The maximum absolute atomic E-state index is 8.69. The van der Waals surface area contributed by atoms with E-state index in [1.807, 2.05) is 31.4 Å². The third-order valence-corrected chi connectivity index (χ3v) is 3.13. The van der Waals surface area contributed by atoms with Crippen LogP contribution in [0, 0.1) is 11.3 Å². The molecule has 4 heteroatoms. The van der Waals surface area contributed by atoms with Gasteiger partial charge in [-0.25, -0.2) is 0 Å². The van der Waals surface area contributed by atoms with Crippen LogP contribution in [0.1, 0.15) is 11.5 Å². The average Bonchev–Trinajstić information content (AvgIpc) is 3.04. The molecule has 0 aliphatic carbocycles. The van der Waals surface area contributed by atoms with E-state index in [2.05, 4.69) is 28.1 Å². The predicted octanol–water partition coefficient (Wildman–Crippen LogP) is 3.26. The van der Waals surface area contributed by atoms with Gasteiger partial charge >= 0.3 is 0 Å². The molecule has 1 aromatic carbocycles. The van der Waals surface area contributed by atoms with Gasteiger partial charge in [0.25, 0.3) is 0 Å². The van der Waals surface area contributed by atoms with Gasteiger partial charge in [0.1, 0.15) is 11.8 Å². The molecule has 0 amide bonds. The van der Waals surface area contributed by atoms with Crippen LogP contribution in [0.25, 0.3) is 10.9 Å². The van der Waals surface area contributed by atoms with Crippen molar-refractivity contribution in [2.75, 3.05) is 5.32 Å². The van der Waals surface area contributed by atoms with Crippen LogP contribution >= 0.6 is 0 Å². The Morgan fingerprint density at radius 2 is 2.16 bits per heavy atom. The van der Waals surface area contributed by atoms with E-state index in [1.54, 1.807) is 6.07 Å². The number of fused-ring (bicyclic) bond motifs is 1. The van der Waals surface area contributed by atoms with Gasteiger partial charge in [0, 0.05) is 24.4 Å². The lowest BCUT2D eigenvalue weighted by atomic mass is 10.2. The largest absolute Gasteiger partial charge is 0.449 e. The first-order chi connectivity index (χ1) is 9.26. The monoisotopic (exact) mass is 251 g/mol. The molecule has 0 spiro atoms. The lowest BCUT2D eigenvalue weighted by Gasteiger charge is -2.05. The highest BCUT2D eigenvalue weighted by Crippen LogP contribution is 2.20. The van der Waals surface area contributed by atoms with Gasteiger partial charge in [-0.15, -0.1) is 0 Å². The van der Waals surface area contributed by atoms with E-state index in [0.717, 1.165) is 11.4 Å². The van der Waals surface area contributed by atoms with Crippen LogP contribution in [0.4, 0.5) is 5.69 Å². The third-order valence-electron chi connectivity index (χ3n) is 3.13. The summed E-state index contributed by atoms with van der Waals surface area (Å²) in [6.07, 6.45) is 2.04. The Morgan fingerprint density at radius 1 is 1.26 bits per heavy atom. The van der Waals surface area contributed by atoms with Crippen molar-refractivity contribution in [1.82, 2.24) is 4.57 Å². The lowest BCUT2D eigenvalue weighted by molar-refractivity contribution is 0.506. The molecule has 0 unspecified atom stereocenters. The first kappa shape index (κ1) is 11.4. The van der Waals surface area contributed by atoms with Gasteiger partial charge < -0.3 is 14.3 Å². The highest BCUT2D eigenvalue weighted by Gasteiger charge is 2.02. The number of benzene rings is 1. The van der Waals surface area contributed by atoms with E-state index in [-0.39, 0.29) is 0 Å². The summed E-state index contributed by atoms with van der Waals surface area (Å²) in [6, 6.07) is 13.8. The Balaban J connectivity index is 1.78. The smallest absolute Gasteiger partial charge is 0.203 e. The van der Waals surface area contributed by atoms with Gasteiger partial charge in [-0.3, -0.25) is 0 Å². The molecule has 2 aromatic heterocycles. The molecule has 0 aliphatic rings. The maximum atomic E-state index is 8.69. The van der Waals surface area contributed by atoms with Crippen LogP contribution in [0.5, 0.6) is 0 Å². The van der Waals surface area contributed by atoms with Crippen molar-refractivity contribution in [1.29, 1.82) is 5.26 Å². The first-order valence-corrected chi connectivity index (χ1v) is 6.04. The van der Waals surface area contributed by atoms with E-state index in [0.29, 0.717) is 12.3 Å². The van der Waals surface area contributed by atoms with Crippen molar-refractivity contribution in [2.24, 2.45) is 7.05 Å². The molecule has 1 N–H and O–H groups in total. The summed E-state index contributed by atoms with van der Waals surface area (Å²) in [4.78, 5) is 0. The minimum absolute atomic E-state index is 0.342. The van der Waals surface area contributed by atoms with Crippen LogP contribution in [-0.2, 0) is 13.6 Å². The highest BCUT2D eigenvalue weighted by molar-refractivity contribution is 5.83. The number of hydrogen-bond acceptors (Lipinski definition) is 3. The first-order valence-electron chi connectivity index (χ1n) is 6.04. The predicted molar refractivity (Wildman–Crippen MR) is 73.7 cm³/mol. The van der Waals surface area contributed by atoms with Crippen molar-refractivity contribution in [3.8, 4) is 6.07 Å². The van der Waals surface area contributed by atoms with Crippen molar-refractivity contribution >= 4 is 16.6 Å². The van der Waals surface area contributed by atoms with Crippen LogP contribution in [0.15, 0.2) is 47.0 Å². The minimum atomic E-state index is 0.342. The molecule has 19 heavy (non-hydrogen) atoms.